The van der Waals surface area contributed by atoms with Gasteiger partial charge in [-0.05, 0) is 24.7 Å². The Hall–Kier alpha value is -0.380. The SMILES string of the molecule is CNC[C@H](OC)c1cccc(Br)c1. The van der Waals surface area contributed by atoms with Crippen LogP contribution >= 0.6 is 15.9 Å². The summed E-state index contributed by atoms with van der Waals surface area (Å²) in [5, 5.41) is 3.10. The van der Waals surface area contributed by atoms with Crippen LogP contribution in [0.2, 0.25) is 0 Å². The lowest BCUT2D eigenvalue weighted by Gasteiger charge is -2.15. The fourth-order valence-electron chi connectivity index (χ4n) is 1.23. The van der Waals surface area contributed by atoms with Gasteiger partial charge in [0, 0.05) is 18.1 Å². The minimum atomic E-state index is 0.127. The molecule has 13 heavy (non-hydrogen) atoms. The third kappa shape index (κ3) is 3.10. The molecular weight excluding hydrogens is 230 g/mol. The van der Waals surface area contributed by atoms with Crippen molar-refractivity contribution < 1.29 is 4.74 Å². The molecule has 72 valence electrons. The van der Waals surface area contributed by atoms with E-state index < -0.39 is 0 Å². The highest BCUT2D eigenvalue weighted by Crippen LogP contribution is 2.19. The second kappa shape index (κ2) is 5.37. The summed E-state index contributed by atoms with van der Waals surface area (Å²) in [5.74, 6) is 0. The first kappa shape index (κ1) is 10.7. The van der Waals surface area contributed by atoms with Crippen molar-refractivity contribution in [2.75, 3.05) is 20.7 Å². The topological polar surface area (TPSA) is 21.3 Å². The molecule has 0 aliphatic heterocycles. The van der Waals surface area contributed by atoms with E-state index in [4.69, 9.17) is 4.74 Å². The van der Waals surface area contributed by atoms with Gasteiger partial charge in [0.25, 0.3) is 0 Å². The third-order valence-electron chi connectivity index (χ3n) is 1.89. The maximum atomic E-state index is 5.35. The van der Waals surface area contributed by atoms with E-state index in [1.165, 1.54) is 5.56 Å². The molecule has 2 nitrogen and oxygen atoms in total. The molecule has 0 radical (unpaired) electrons. The van der Waals surface area contributed by atoms with Crippen molar-refractivity contribution >= 4 is 15.9 Å². The molecule has 0 fully saturated rings. The maximum absolute atomic E-state index is 5.35. The molecule has 0 saturated carbocycles. The zero-order valence-corrected chi connectivity index (χ0v) is 9.47. The summed E-state index contributed by atoms with van der Waals surface area (Å²) in [5.41, 5.74) is 1.19. The van der Waals surface area contributed by atoms with E-state index in [2.05, 4.69) is 33.4 Å². The van der Waals surface area contributed by atoms with Crippen molar-refractivity contribution in [1.29, 1.82) is 0 Å². The highest BCUT2D eigenvalue weighted by atomic mass is 79.9. The van der Waals surface area contributed by atoms with E-state index in [1.807, 2.05) is 19.2 Å². The van der Waals surface area contributed by atoms with Gasteiger partial charge in [0.1, 0.15) is 0 Å². The number of hydrogen-bond acceptors (Lipinski definition) is 2. The van der Waals surface area contributed by atoms with Crippen LogP contribution in [-0.2, 0) is 4.74 Å². The molecule has 0 saturated heterocycles. The van der Waals surface area contributed by atoms with E-state index in [0.29, 0.717) is 0 Å². The van der Waals surface area contributed by atoms with Crippen LogP contribution in [-0.4, -0.2) is 20.7 Å². The maximum Gasteiger partial charge on any atom is 0.0945 e. The third-order valence-corrected chi connectivity index (χ3v) is 2.39. The Kier molecular flexibility index (Phi) is 4.42. The average Bonchev–Trinajstić information content (AvgIpc) is 2.14. The van der Waals surface area contributed by atoms with Gasteiger partial charge in [-0.2, -0.15) is 0 Å². The van der Waals surface area contributed by atoms with Crippen LogP contribution in [0.25, 0.3) is 0 Å². The van der Waals surface area contributed by atoms with E-state index in [0.717, 1.165) is 11.0 Å². The molecule has 1 N–H and O–H groups in total. The number of likely N-dealkylation sites (N-methyl/N-ethyl adjacent to an activating group) is 1. The molecule has 1 atom stereocenters. The summed E-state index contributed by atoms with van der Waals surface area (Å²) in [6.45, 7) is 0.826. The summed E-state index contributed by atoms with van der Waals surface area (Å²) in [6.07, 6.45) is 0.127. The minimum absolute atomic E-state index is 0.127. The lowest BCUT2D eigenvalue weighted by Crippen LogP contribution is -2.18. The number of ether oxygens (including phenoxy) is 1. The molecule has 0 spiro atoms. The van der Waals surface area contributed by atoms with Crippen molar-refractivity contribution in [3.05, 3.63) is 34.3 Å². The van der Waals surface area contributed by atoms with Gasteiger partial charge in [0.05, 0.1) is 6.10 Å². The molecule has 0 aromatic heterocycles. The summed E-state index contributed by atoms with van der Waals surface area (Å²) in [4.78, 5) is 0. The van der Waals surface area contributed by atoms with Crippen LogP contribution in [0.15, 0.2) is 28.7 Å². The number of nitrogens with one attached hydrogen (secondary N) is 1. The Bertz CT molecular complexity index is 265. The van der Waals surface area contributed by atoms with Gasteiger partial charge < -0.3 is 10.1 Å². The molecule has 0 amide bonds. The summed E-state index contributed by atoms with van der Waals surface area (Å²) < 4.78 is 6.43. The van der Waals surface area contributed by atoms with Gasteiger partial charge in [-0.3, -0.25) is 0 Å². The van der Waals surface area contributed by atoms with Crippen LogP contribution in [0.1, 0.15) is 11.7 Å². The first-order valence-corrected chi connectivity index (χ1v) is 5.00. The smallest absolute Gasteiger partial charge is 0.0945 e. The number of halogens is 1. The van der Waals surface area contributed by atoms with Gasteiger partial charge in [0.15, 0.2) is 0 Å². The number of methoxy groups -OCH3 is 1. The van der Waals surface area contributed by atoms with Crippen LogP contribution in [0.4, 0.5) is 0 Å². The Balaban J connectivity index is 2.78. The Morgan fingerprint density at radius 3 is 2.85 bits per heavy atom. The molecule has 0 bridgehead atoms. The number of benzene rings is 1. The largest absolute Gasteiger partial charge is 0.375 e. The molecule has 1 aromatic rings. The van der Waals surface area contributed by atoms with Gasteiger partial charge >= 0.3 is 0 Å². The van der Waals surface area contributed by atoms with Crippen molar-refractivity contribution in [3.63, 3.8) is 0 Å². The zero-order valence-electron chi connectivity index (χ0n) is 7.88. The van der Waals surface area contributed by atoms with Crippen molar-refractivity contribution in [2.24, 2.45) is 0 Å². The predicted molar refractivity (Wildman–Crippen MR) is 57.8 cm³/mol. The van der Waals surface area contributed by atoms with E-state index >= 15 is 0 Å². The van der Waals surface area contributed by atoms with Crippen molar-refractivity contribution in [3.8, 4) is 0 Å². The molecule has 1 aromatic carbocycles. The monoisotopic (exact) mass is 243 g/mol. The zero-order chi connectivity index (χ0) is 9.68. The summed E-state index contributed by atoms with van der Waals surface area (Å²) in [6, 6.07) is 8.17. The fourth-order valence-corrected chi connectivity index (χ4v) is 1.65. The summed E-state index contributed by atoms with van der Waals surface area (Å²) in [7, 11) is 3.65. The molecule has 3 heteroatoms. The van der Waals surface area contributed by atoms with Crippen molar-refractivity contribution in [2.45, 2.75) is 6.10 Å². The molecule has 0 unspecified atom stereocenters. The minimum Gasteiger partial charge on any atom is -0.375 e. The normalized spacial score (nSPS) is 12.8. The quantitative estimate of drug-likeness (QED) is 0.877. The molecule has 0 aliphatic rings. The lowest BCUT2D eigenvalue weighted by atomic mass is 10.1. The highest BCUT2D eigenvalue weighted by Gasteiger charge is 2.08. The first-order chi connectivity index (χ1) is 6.27. The standard InChI is InChI=1S/C10H14BrNO/c1-12-7-10(13-2)8-4-3-5-9(11)6-8/h3-6,10,12H,7H2,1-2H3/t10-/m0/s1. The van der Waals surface area contributed by atoms with Crippen LogP contribution < -0.4 is 5.32 Å². The first-order valence-electron chi connectivity index (χ1n) is 4.20. The number of hydrogen-bond donors (Lipinski definition) is 1. The second-order valence-corrected chi connectivity index (χ2v) is 3.75. The highest BCUT2D eigenvalue weighted by molar-refractivity contribution is 9.10. The average molecular weight is 244 g/mol. The van der Waals surface area contributed by atoms with Crippen LogP contribution in [0.3, 0.4) is 0 Å². The molecule has 0 aliphatic carbocycles. The molecular formula is C10H14BrNO. The Morgan fingerprint density at radius 1 is 1.54 bits per heavy atom. The summed E-state index contributed by atoms with van der Waals surface area (Å²) >= 11 is 3.43. The molecule has 0 heterocycles. The van der Waals surface area contributed by atoms with Gasteiger partial charge in [-0.25, -0.2) is 0 Å². The Morgan fingerprint density at radius 2 is 2.31 bits per heavy atom. The molecule has 1 rings (SSSR count). The second-order valence-electron chi connectivity index (χ2n) is 2.84. The van der Waals surface area contributed by atoms with Crippen LogP contribution in [0, 0.1) is 0 Å². The van der Waals surface area contributed by atoms with Gasteiger partial charge in [-0.1, -0.05) is 28.1 Å². The van der Waals surface area contributed by atoms with E-state index in [-0.39, 0.29) is 6.10 Å². The fraction of sp³-hybridized carbons (Fsp3) is 0.400. The predicted octanol–water partition coefficient (Wildman–Crippen LogP) is 2.36. The lowest BCUT2D eigenvalue weighted by molar-refractivity contribution is 0.104. The van der Waals surface area contributed by atoms with Crippen LogP contribution in [0.5, 0.6) is 0 Å². The van der Waals surface area contributed by atoms with E-state index in [9.17, 15) is 0 Å². The number of rotatable bonds is 4. The van der Waals surface area contributed by atoms with Crippen molar-refractivity contribution in [1.82, 2.24) is 5.32 Å². The Labute approximate surface area is 87.4 Å². The van der Waals surface area contributed by atoms with E-state index in [1.54, 1.807) is 7.11 Å². The van der Waals surface area contributed by atoms with Gasteiger partial charge in [-0.15, -0.1) is 0 Å². The van der Waals surface area contributed by atoms with Gasteiger partial charge in [0.2, 0.25) is 0 Å².